The number of carbonyl (C=O) groups excluding carboxylic acids is 1. The quantitative estimate of drug-likeness (QED) is 0.794. The summed E-state index contributed by atoms with van der Waals surface area (Å²) in [6.07, 6.45) is 5.67. The smallest absolute Gasteiger partial charge is 0.220 e. The Morgan fingerprint density at radius 3 is 2.72 bits per heavy atom. The number of carbonyl (C=O) groups is 1. The number of likely N-dealkylation sites (tertiary alicyclic amines) is 1. The molecule has 1 aliphatic rings. The first kappa shape index (κ1) is 17.7. The van der Waals surface area contributed by atoms with E-state index in [4.69, 9.17) is 4.42 Å². The second-order valence-corrected chi connectivity index (χ2v) is 6.52. The number of rotatable bonds is 8. The summed E-state index contributed by atoms with van der Waals surface area (Å²) in [5, 5.41) is 3.01. The van der Waals surface area contributed by atoms with E-state index in [2.05, 4.69) is 10.2 Å². The highest BCUT2D eigenvalue weighted by atomic mass is 19.1. The van der Waals surface area contributed by atoms with Gasteiger partial charge in [-0.25, -0.2) is 4.39 Å². The van der Waals surface area contributed by atoms with Gasteiger partial charge in [0.05, 0.1) is 12.3 Å². The third kappa shape index (κ3) is 4.92. The van der Waals surface area contributed by atoms with Gasteiger partial charge in [-0.05, 0) is 62.5 Å². The standard InChI is InChI=1S/C20H25FN2O2/c21-17-9-2-1-7-16(17)8-5-11-20(24)22-15-18(19-10-6-14-25-19)23-12-3-4-13-23/h1-2,6-7,9-10,14,18H,3-5,8,11-13,15H2,(H,22,24). The fourth-order valence-corrected chi connectivity index (χ4v) is 3.38. The topological polar surface area (TPSA) is 45.5 Å². The number of benzene rings is 1. The van der Waals surface area contributed by atoms with Gasteiger partial charge in [0.2, 0.25) is 5.91 Å². The van der Waals surface area contributed by atoms with Crippen LogP contribution in [-0.4, -0.2) is 30.4 Å². The van der Waals surface area contributed by atoms with Crippen LogP contribution in [0.5, 0.6) is 0 Å². The molecule has 0 radical (unpaired) electrons. The summed E-state index contributed by atoms with van der Waals surface area (Å²) >= 11 is 0. The molecule has 1 amide bonds. The van der Waals surface area contributed by atoms with Gasteiger partial charge in [-0.2, -0.15) is 0 Å². The number of hydrogen-bond acceptors (Lipinski definition) is 3. The van der Waals surface area contributed by atoms with E-state index in [1.807, 2.05) is 18.2 Å². The molecule has 1 saturated heterocycles. The lowest BCUT2D eigenvalue weighted by Crippen LogP contribution is -2.36. The van der Waals surface area contributed by atoms with Crippen molar-refractivity contribution in [3.05, 3.63) is 59.8 Å². The van der Waals surface area contributed by atoms with Crippen LogP contribution in [-0.2, 0) is 11.2 Å². The molecule has 1 aliphatic heterocycles. The zero-order valence-corrected chi connectivity index (χ0v) is 14.4. The Balaban J connectivity index is 1.46. The Bertz CT molecular complexity index is 666. The number of aryl methyl sites for hydroxylation is 1. The van der Waals surface area contributed by atoms with Crippen molar-refractivity contribution in [3.63, 3.8) is 0 Å². The van der Waals surface area contributed by atoms with Gasteiger partial charge in [0.15, 0.2) is 0 Å². The maximum Gasteiger partial charge on any atom is 0.220 e. The zero-order chi connectivity index (χ0) is 17.5. The predicted molar refractivity (Wildman–Crippen MR) is 94.6 cm³/mol. The predicted octanol–water partition coefficient (Wildman–Crippen LogP) is 3.69. The summed E-state index contributed by atoms with van der Waals surface area (Å²) < 4.78 is 19.1. The first-order chi connectivity index (χ1) is 12.2. The van der Waals surface area contributed by atoms with Gasteiger partial charge in [0, 0.05) is 13.0 Å². The molecule has 3 rings (SSSR count). The zero-order valence-electron chi connectivity index (χ0n) is 14.4. The van der Waals surface area contributed by atoms with Crippen LogP contribution >= 0.6 is 0 Å². The number of nitrogens with one attached hydrogen (secondary N) is 1. The molecule has 1 aromatic heterocycles. The van der Waals surface area contributed by atoms with Gasteiger partial charge in [0.1, 0.15) is 11.6 Å². The van der Waals surface area contributed by atoms with E-state index in [1.54, 1.807) is 18.4 Å². The van der Waals surface area contributed by atoms with Gasteiger partial charge in [-0.15, -0.1) is 0 Å². The van der Waals surface area contributed by atoms with E-state index in [-0.39, 0.29) is 17.8 Å². The third-order valence-electron chi connectivity index (χ3n) is 4.75. The van der Waals surface area contributed by atoms with Crippen LogP contribution in [0, 0.1) is 5.82 Å². The summed E-state index contributed by atoms with van der Waals surface area (Å²) in [4.78, 5) is 14.5. The van der Waals surface area contributed by atoms with Gasteiger partial charge in [-0.3, -0.25) is 9.69 Å². The molecule has 2 heterocycles. The molecule has 1 fully saturated rings. The number of furan rings is 1. The van der Waals surface area contributed by atoms with Crippen molar-refractivity contribution in [2.45, 2.75) is 38.1 Å². The first-order valence-corrected chi connectivity index (χ1v) is 9.01. The fourth-order valence-electron chi connectivity index (χ4n) is 3.38. The molecule has 1 atom stereocenters. The second-order valence-electron chi connectivity index (χ2n) is 6.52. The third-order valence-corrected chi connectivity index (χ3v) is 4.75. The summed E-state index contributed by atoms with van der Waals surface area (Å²) in [5.41, 5.74) is 0.667. The van der Waals surface area contributed by atoms with E-state index < -0.39 is 0 Å². The van der Waals surface area contributed by atoms with Crippen molar-refractivity contribution in [1.29, 1.82) is 0 Å². The minimum absolute atomic E-state index is 0.00657. The summed E-state index contributed by atoms with van der Waals surface area (Å²) in [6.45, 7) is 2.62. The Labute approximate surface area is 148 Å². The van der Waals surface area contributed by atoms with Gasteiger partial charge in [0.25, 0.3) is 0 Å². The SMILES string of the molecule is O=C(CCCc1ccccc1F)NCC(c1ccco1)N1CCCC1. The van der Waals surface area contributed by atoms with Crippen molar-refractivity contribution >= 4 is 5.91 Å². The molecule has 4 nitrogen and oxygen atoms in total. The Morgan fingerprint density at radius 1 is 1.20 bits per heavy atom. The minimum Gasteiger partial charge on any atom is -0.468 e. The molecule has 5 heteroatoms. The lowest BCUT2D eigenvalue weighted by atomic mass is 10.1. The molecule has 0 aliphatic carbocycles. The Hall–Kier alpha value is -2.14. The second kappa shape index (κ2) is 8.81. The fraction of sp³-hybridized carbons (Fsp3) is 0.450. The van der Waals surface area contributed by atoms with Crippen molar-refractivity contribution < 1.29 is 13.6 Å². The van der Waals surface area contributed by atoms with Gasteiger partial charge in [-0.1, -0.05) is 18.2 Å². The maximum atomic E-state index is 13.6. The Kier molecular flexibility index (Phi) is 6.23. The number of hydrogen-bond donors (Lipinski definition) is 1. The van der Waals surface area contributed by atoms with Crippen LogP contribution in [0.4, 0.5) is 4.39 Å². The molecule has 1 unspecified atom stereocenters. The largest absolute Gasteiger partial charge is 0.468 e. The average molecular weight is 344 g/mol. The van der Waals surface area contributed by atoms with Gasteiger partial charge >= 0.3 is 0 Å². The van der Waals surface area contributed by atoms with Crippen molar-refractivity contribution in [3.8, 4) is 0 Å². The van der Waals surface area contributed by atoms with Gasteiger partial charge < -0.3 is 9.73 Å². The molecular weight excluding hydrogens is 319 g/mol. The summed E-state index contributed by atoms with van der Waals surface area (Å²) in [7, 11) is 0. The normalized spacial score (nSPS) is 16.0. The van der Waals surface area contributed by atoms with Crippen LogP contribution in [0.2, 0.25) is 0 Å². The maximum absolute atomic E-state index is 13.6. The molecular formula is C20H25FN2O2. The van der Waals surface area contributed by atoms with E-state index in [1.165, 1.54) is 18.9 Å². The van der Waals surface area contributed by atoms with Crippen LogP contribution < -0.4 is 5.32 Å². The van der Waals surface area contributed by atoms with E-state index >= 15 is 0 Å². The lowest BCUT2D eigenvalue weighted by molar-refractivity contribution is -0.121. The van der Waals surface area contributed by atoms with Crippen LogP contribution in [0.3, 0.4) is 0 Å². The van der Waals surface area contributed by atoms with Crippen LogP contribution in [0.1, 0.15) is 43.0 Å². The monoisotopic (exact) mass is 344 g/mol. The molecule has 25 heavy (non-hydrogen) atoms. The highest BCUT2D eigenvalue weighted by Crippen LogP contribution is 2.24. The highest BCUT2D eigenvalue weighted by Gasteiger charge is 2.25. The first-order valence-electron chi connectivity index (χ1n) is 9.01. The van der Waals surface area contributed by atoms with Crippen LogP contribution in [0.15, 0.2) is 47.1 Å². The lowest BCUT2D eigenvalue weighted by Gasteiger charge is -2.26. The molecule has 0 spiro atoms. The van der Waals surface area contributed by atoms with E-state index in [0.717, 1.165) is 18.8 Å². The number of halogens is 1. The van der Waals surface area contributed by atoms with E-state index in [0.29, 0.717) is 31.4 Å². The molecule has 0 bridgehead atoms. The van der Waals surface area contributed by atoms with Crippen molar-refractivity contribution in [2.24, 2.45) is 0 Å². The minimum atomic E-state index is -0.199. The molecule has 0 saturated carbocycles. The van der Waals surface area contributed by atoms with Crippen molar-refractivity contribution in [1.82, 2.24) is 10.2 Å². The summed E-state index contributed by atoms with van der Waals surface area (Å²) in [6, 6.07) is 10.7. The highest BCUT2D eigenvalue weighted by molar-refractivity contribution is 5.75. The molecule has 1 N–H and O–H groups in total. The average Bonchev–Trinajstić information content (AvgIpc) is 3.31. The summed E-state index contributed by atoms with van der Waals surface area (Å²) in [5.74, 6) is 0.704. The molecule has 1 aromatic carbocycles. The number of amides is 1. The molecule has 2 aromatic rings. The number of nitrogens with zero attached hydrogens (tertiary/aromatic N) is 1. The van der Waals surface area contributed by atoms with Crippen molar-refractivity contribution in [2.75, 3.05) is 19.6 Å². The van der Waals surface area contributed by atoms with E-state index in [9.17, 15) is 9.18 Å². The Morgan fingerprint density at radius 2 is 2.00 bits per heavy atom. The molecule has 134 valence electrons. The van der Waals surface area contributed by atoms with Crippen LogP contribution in [0.25, 0.3) is 0 Å².